The van der Waals surface area contributed by atoms with E-state index < -0.39 is 0 Å². The van der Waals surface area contributed by atoms with E-state index in [4.69, 9.17) is 4.74 Å². The summed E-state index contributed by atoms with van der Waals surface area (Å²) in [6.45, 7) is 2.63. The third-order valence-corrected chi connectivity index (χ3v) is 5.21. The van der Waals surface area contributed by atoms with Crippen molar-refractivity contribution in [1.29, 1.82) is 0 Å². The van der Waals surface area contributed by atoms with Gasteiger partial charge in [0.05, 0.1) is 13.7 Å². The molecule has 1 unspecified atom stereocenters. The van der Waals surface area contributed by atoms with E-state index in [1.807, 2.05) is 15.5 Å². The molecule has 1 aromatic carbocycles. The monoisotopic (exact) mass is 341 g/mol. The van der Waals surface area contributed by atoms with Gasteiger partial charge >= 0.3 is 6.03 Å². The number of aromatic nitrogens is 3. The number of nitrogens with one attached hydrogen (secondary N) is 1. The lowest BCUT2D eigenvalue weighted by Gasteiger charge is -2.30. The number of hydrogen-bond donors (Lipinski definition) is 1. The molecule has 0 saturated heterocycles. The highest BCUT2D eigenvalue weighted by atomic mass is 16.5. The maximum Gasteiger partial charge on any atom is 0.317 e. The van der Waals surface area contributed by atoms with Gasteiger partial charge in [-0.3, -0.25) is 0 Å². The van der Waals surface area contributed by atoms with Crippen molar-refractivity contribution in [1.82, 2.24) is 25.0 Å². The van der Waals surface area contributed by atoms with Crippen molar-refractivity contribution in [2.24, 2.45) is 0 Å². The average molecular weight is 341 g/mol. The van der Waals surface area contributed by atoms with Crippen molar-refractivity contribution in [2.75, 3.05) is 20.2 Å². The predicted molar refractivity (Wildman–Crippen MR) is 92.5 cm³/mol. The van der Waals surface area contributed by atoms with Gasteiger partial charge in [-0.15, -0.1) is 10.2 Å². The number of carbonyl (C=O) groups is 1. The fraction of sp³-hybridized carbons (Fsp3) is 0.500. The molecule has 0 fully saturated rings. The first-order chi connectivity index (χ1) is 12.2. The summed E-state index contributed by atoms with van der Waals surface area (Å²) in [6, 6.07) is 6.26. The number of urea groups is 1. The summed E-state index contributed by atoms with van der Waals surface area (Å²) in [6.07, 6.45) is 5.05. The number of aryl methyl sites for hydroxylation is 1. The number of amides is 2. The van der Waals surface area contributed by atoms with Gasteiger partial charge in [-0.05, 0) is 42.5 Å². The van der Waals surface area contributed by atoms with E-state index in [0.717, 1.165) is 37.4 Å². The van der Waals surface area contributed by atoms with Crippen LogP contribution in [-0.4, -0.2) is 45.9 Å². The fourth-order valence-corrected chi connectivity index (χ4v) is 3.79. The Balaban J connectivity index is 1.38. The number of carbonyl (C=O) groups excluding carboxylic acids is 1. The van der Waals surface area contributed by atoms with Crippen molar-refractivity contribution < 1.29 is 9.53 Å². The minimum absolute atomic E-state index is 0.0186. The van der Waals surface area contributed by atoms with E-state index in [9.17, 15) is 4.79 Å². The molecular formula is C18H23N5O2. The second-order valence-corrected chi connectivity index (χ2v) is 6.70. The summed E-state index contributed by atoms with van der Waals surface area (Å²) in [7, 11) is 1.70. The van der Waals surface area contributed by atoms with Crippen molar-refractivity contribution in [3.05, 3.63) is 41.5 Å². The van der Waals surface area contributed by atoms with Crippen LogP contribution in [0.4, 0.5) is 4.79 Å². The summed E-state index contributed by atoms with van der Waals surface area (Å²) in [5.41, 5.74) is 2.68. The van der Waals surface area contributed by atoms with Gasteiger partial charge in [0, 0.05) is 25.6 Å². The number of nitrogens with zero attached hydrogens (tertiary/aromatic N) is 4. The Morgan fingerprint density at radius 3 is 3.20 bits per heavy atom. The van der Waals surface area contributed by atoms with Crippen molar-refractivity contribution >= 4 is 6.03 Å². The minimum atomic E-state index is -0.0186. The summed E-state index contributed by atoms with van der Waals surface area (Å²) in [5, 5.41) is 11.1. The van der Waals surface area contributed by atoms with E-state index in [-0.39, 0.29) is 6.03 Å². The first kappa shape index (κ1) is 15.9. The molecule has 0 radical (unpaired) electrons. The molecule has 0 saturated carbocycles. The summed E-state index contributed by atoms with van der Waals surface area (Å²) in [4.78, 5) is 14.3. The third-order valence-electron chi connectivity index (χ3n) is 5.21. The van der Waals surface area contributed by atoms with Gasteiger partial charge in [-0.2, -0.15) is 0 Å². The summed E-state index contributed by atoms with van der Waals surface area (Å²) in [5.74, 6) is 2.12. The second kappa shape index (κ2) is 6.74. The average Bonchev–Trinajstić information content (AvgIpc) is 3.13. The van der Waals surface area contributed by atoms with Gasteiger partial charge < -0.3 is 19.5 Å². The predicted octanol–water partition coefficient (Wildman–Crippen LogP) is 1.93. The number of benzene rings is 1. The molecule has 25 heavy (non-hydrogen) atoms. The van der Waals surface area contributed by atoms with Crippen LogP contribution in [0.3, 0.4) is 0 Å². The van der Waals surface area contributed by atoms with Crippen LogP contribution in [0.5, 0.6) is 5.75 Å². The molecule has 2 amide bonds. The largest absolute Gasteiger partial charge is 0.497 e. The Bertz CT molecular complexity index is 773. The quantitative estimate of drug-likeness (QED) is 0.926. The zero-order chi connectivity index (χ0) is 17.2. The zero-order valence-electron chi connectivity index (χ0n) is 14.4. The lowest BCUT2D eigenvalue weighted by molar-refractivity contribution is 0.181. The fourth-order valence-electron chi connectivity index (χ4n) is 3.79. The zero-order valence-corrected chi connectivity index (χ0v) is 14.4. The minimum Gasteiger partial charge on any atom is -0.497 e. The van der Waals surface area contributed by atoms with Crippen molar-refractivity contribution in [3.63, 3.8) is 0 Å². The van der Waals surface area contributed by atoms with E-state index in [1.165, 1.54) is 11.1 Å². The van der Waals surface area contributed by atoms with E-state index >= 15 is 0 Å². The van der Waals surface area contributed by atoms with Crippen LogP contribution in [0.1, 0.15) is 35.7 Å². The molecule has 7 nitrogen and oxygen atoms in total. The molecule has 1 aromatic heterocycles. The number of hydrogen-bond acceptors (Lipinski definition) is 4. The molecule has 1 aliphatic carbocycles. The number of methoxy groups -OCH3 is 1. The molecule has 2 aliphatic rings. The summed E-state index contributed by atoms with van der Waals surface area (Å²) < 4.78 is 7.32. The van der Waals surface area contributed by atoms with Gasteiger partial charge in [0.1, 0.15) is 12.1 Å². The molecule has 1 N–H and O–H groups in total. The smallest absolute Gasteiger partial charge is 0.317 e. The molecular weight excluding hydrogens is 318 g/mol. The molecule has 2 aromatic rings. The van der Waals surface area contributed by atoms with Crippen LogP contribution < -0.4 is 10.1 Å². The van der Waals surface area contributed by atoms with Gasteiger partial charge in [0.15, 0.2) is 5.82 Å². The Morgan fingerprint density at radius 2 is 2.32 bits per heavy atom. The Morgan fingerprint density at radius 1 is 1.40 bits per heavy atom. The standard InChI is InChI=1S/C18H23N5O2/c1-25-15-5-6-16-13(9-15)3-2-4-14(16)10-19-18(24)22-7-8-23-12-20-21-17(23)11-22/h5-6,9,12,14H,2-4,7-8,10-11H2,1H3,(H,19,24). The van der Waals surface area contributed by atoms with Crippen LogP contribution in [0.2, 0.25) is 0 Å². The van der Waals surface area contributed by atoms with Gasteiger partial charge in [-0.1, -0.05) is 6.07 Å². The molecule has 4 rings (SSSR count). The first-order valence-corrected chi connectivity index (χ1v) is 8.81. The van der Waals surface area contributed by atoms with Crippen molar-refractivity contribution in [3.8, 4) is 5.75 Å². The third kappa shape index (κ3) is 3.18. The Kier molecular flexibility index (Phi) is 4.29. The van der Waals surface area contributed by atoms with Crippen LogP contribution in [-0.2, 0) is 19.5 Å². The maximum atomic E-state index is 12.5. The second-order valence-electron chi connectivity index (χ2n) is 6.70. The van der Waals surface area contributed by atoms with Crippen LogP contribution in [0.15, 0.2) is 24.5 Å². The van der Waals surface area contributed by atoms with E-state index in [0.29, 0.717) is 25.6 Å². The normalized spacial score (nSPS) is 19.1. The highest BCUT2D eigenvalue weighted by molar-refractivity contribution is 5.74. The van der Waals surface area contributed by atoms with Gasteiger partial charge in [0.2, 0.25) is 0 Å². The number of ether oxygens (including phenoxy) is 1. The highest BCUT2D eigenvalue weighted by Crippen LogP contribution is 2.33. The molecule has 2 heterocycles. The van der Waals surface area contributed by atoms with Crippen LogP contribution in [0.25, 0.3) is 0 Å². The van der Waals surface area contributed by atoms with Crippen molar-refractivity contribution in [2.45, 2.75) is 38.3 Å². The first-order valence-electron chi connectivity index (χ1n) is 8.81. The molecule has 7 heteroatoms. The highest BCUT2D eigenvalue weighted by Gasteiger charge is 2.24. The maximum absolute atomic E-state index is 12.5. The number of rotatable bonds is 3. The Labute approximate surface area is 147 Å². The SMILES string of the molecule is COc1ccc2c(c1)CCCC2CNC(=O)N1CCn2cnnc2C1. The van der Waals surface area contributed by atoms with Crippen LogP contribution in [0, 0.1) is 0 Å². The lowest BCUT2D eigenvalue weighted by Crippen LogP contribution is -2.45. The molecule has 0 bridgehead atoms. The summed E-state index contributed by atoms with van der Waals surface area (Å²) >= 11 is 0. The lowest BCUT2D eigenvalue weighted by atomic mass is 9.82. The van der Waals surface area contributed by atoms with Crippen LogP contribution >= 0.6 is 0 Å². The topological polar surface area (TPSA) is 72.3 Å². The molecule has 132 valence electrons. The van der Waals surface area contributed by atoms with Gasteiger partial charge in [-0.25, -0.2) is 4.79 Å². The molecule has 0 spiro atoms. The van der Waals surface area contributed by atoms with E-state index in [1.54, 1.807) is 13.4 Å². The Hall–Kier alpha value is -2.57. The van der Waals surface area contributed by atoms with Gasteiger partial charge in [0.25, 0.3) is 0 Å². The number of fused-ring (bicyclic) bond motifs is 2. The van der Waals surface area contributed by atoms with E-state index in [2.05, 4.69) is 27.6 Å². The molecule has 1 atom stereocenters. The molecule has 1 aliphatic heterocycles.